The lowest BCUT2D eigenvalue weighted by molar-refractivity contribution is 0.0430. The highest BCUT2D eigenvalue weighted by molar-refractivity contribution is 4.76. The maximum absolute atomic E-state index is 3.61. The zero-order chi connectivity index (χ0) is 12.0. The fourth-order valence-electron chi connectivity index (χ4n) is 2.61. The van der Waals surface area contributed by atoms with E-state index in [2.05, 4.69) is 43.0 Å². The van der Waals surface area contributed by atoms with Crippen LogP contribution < -0.4 is 5.43 Å². The van der Waals surface area contributed by atoms with E-state index in [1.165, 1.54) is 19.3 Å². The standard InChI is InChI=1S/C13H29N3/c1-5-15(6-2)11-10-14-16-12(3)8-7-9-13(16)4/h12-14H,5-11H2,1-4H3. The molecule has 1 aliphatic heterocycles. The molecule has 0 aliphatic carbocycles. The fourth-order valence-corrected chi connectivity index (χ4v) is 2.61. The molecule has 16 heavy (non-hydrogen) atoms. The highest BCUT2D eigenvalue weighted by Gasteiger charge is 2.23. The molecular formula is C13H29N3. The van der Waals surface area contributed by atoms with E-state index < -0.39 is 0 Å². The minimum absolute atomic E-state index is 0.695. The molecular weight excluding hydrogens is 198 g/mol. The Balaban J connectivity index is 2.24. The van der Waals surface area contributed by atoms with Gasteiger partial charge in [0.15, 0.2) is 0 Å². The first-order valence-electron chi connectivity index (χ1n) is 6.93. The molecule has 1 rings (SSSR count). The molecule has 0 bridgehead atoms. The number of hydrogen-bond donors (Lipinski definition) is 1. The number of likely N-dealkylation sites (N-methyl/N-ethyl adjacent to an activating group) is 1. The van der Waals surface area contributed by atoms with Gasteiger partial charge in [0.05, 0.1) is 0 Å². The maximum atomic E-state index is 3.61. The van der Waals surface area contributed by atoms with E-state index in [0.29, 0.717) is 12.1 Å². The molecule has 1 fully saturated rings. The largest absolute Gasteiger partial charge is 0.303 e. The van der Waals surface area contributed by atoms with Gasteiger partial charge in [-0.05, 0) is 39.8 Å². The second-order valence-electron chi connectivity index (χ2n) is 4.97. The molecule has 3 heteroatoms. The van der Waals surface area contributed by atoms with Crippen molar-refractivity contribution in [3.63, 3.8) is 0 Å². The van der Waals surface area contributed by atoms with Gasteiger partial charge in [-0.1, -0.05) is 20.3 Å². The Morgan fingerprint density at radius 2 is 1.69 bits per heavy atom. The highest BCUT2D eigenvalue weighted by Crippen LogP contribution is 2.19. The molecule has 0 radical (unpaired) electrons. The van der Waals surface area contributed by atoms with Crippen molar-refractivity contribution >= 4 is 0 Å². The third-order valence-electron chi connectivity index (χ3n) is 3.81. The van der Waals surface area contributed by atoms with Gasteiger partial charge in [0.2, 0.25) is 0 Å². The zero-order valence-corrected chi connectivity index (χ0v) is 11.5. The van der Waals surface area contributed by atoms with Crippen molar-refractivity contribution in [2.75, 3.05) is 26.2 Å². The number of nitrogens with zero attached hydrogens (tertiary/aromatic N) is 2. The normalized spacial score (nSPS) is 27.6. The van der Waals surface area contributed by atoms with Gasteiger partial charge in [-0.15, -0.1) is 0 Å². The molecule has 1 N–H and O–H groups in total. The highest BCUT2D eigenvalue weighted by atomic mass is 15.5. The van der Waals surface area contributed by atoms with Gasteiger partial charge in [-0.3, -0.25) is 5.43 Å². The SMILES string of the molecule is CCN(CC)CCNN1C(C)CCCC1C. The van der Waals surface area contributed by atoms with Crippen LogP contribution in [-0.4, -0.2) is 48.2 Å². The molecule has 1 saturated heterocycles. The summed E-state index contributed by atoms with van der Waals surface area (Å²) in [4.78, 5) is 2.46. The quantitative estimate of drug-likeness (QED) is 0.749. The van der Waals surface area contributed by atoms with Crippen LogP contribution in [0.1, 0.15) is 47.0 Å². The van der Waals surface area contributed by atoms with Crippen LogP contribution in [0.15, 0.2) is 0 Å². The average Bonchev–Trinajstić information content (AvgIpc) is 2.28. The first kappa shape index (κ1) is 13.9. The van der Waals surface area contributed by atoms with Crippen LogP contribution in [0.25, 0.3) is 0 Å². The second-order valence-corrected chi connectivity index (χ2v) is 4.97. The van der Waals surface area contributed by atoms with Gasteiger partial charge >= 0.3 is 0 Å². The molecule has 0 saturated carbocycles. The van der Waals surface area contributed by atoms with Gasteiger partial charge in [0.1, 0.15) is 0 Å². The van der Waals surface area contributed by atoms with E-state index in [1.54, 1.807) is 0 Å². The first-order valence-corrected chi connectivity index (χ1v) is 6.93. The number of rotatable bonds is 6. The summed E-state index contributed by atoms with van der Waals surface area (Å²) in [6, 6.07) is 1.39. The average molecular weight is 227 g/mol. The lowest BCUT2D eigenvalue weighted by Gasteiger charge is -2.39. The summed E-state index contributed by atoms with van der Waals surface area (Å²) in [6.07, 6.45) is 4.06. The molecule has 0 aromatic rings. The van der Waals surface area contributed by atoms with Crippen LogP contribution in [0.4, 0.5) is 0 Å². The number of nitrogens with one attached hydrogen (secondary N) is 1. The van der Waals surface area contributed by atoms with Crippen LogP contribution in [0.3, 0.4) is 0 Å². The first-order chi connectivity index (χ1) is 7.69. The third kappa shape index (κ3) is 4.04. The summed E-state index contributed by atoms with van der Waals surface area (Å²) in [7, 11) is 0. The summed E-state index contributed by atoms with van der Waals surface area (Å²) in [5.41, 5.74) is 3.61. The van der Waals surface area contributed by atoms with Crippen molar-refractivity contribution in [3.05, 3.63) is 0 Å². The van der Waals surface area contributed by atoms with Gasteiger partial charge in [0.25, 0.3) is 0 Å². The predicted octanol–water partition coefficient (Wildman–Crippen LogP) is 2.10. The number of piperidine rings is 1. The van der Waals surface area contributed by atoms with E-state index in [-0.39, 0.29) is 0 Å². The third-order valence-corrected chi connectivity index (χ3v) is 3.81. The molecule has 1 aliphatic rings. The molecule has 0 spiro atoms. The van der Waals surface area contributed by atoms with Crippen LogP contribution in [0.5, 0.6) is 0 Å². The van der Waals surface area contributed by atoms with Crippen LogP contribution in [0, 0.1) is 0 Å². The second kappa shape index (κ2) is 7.25. The minimum atomic E-state index is 0.695. The maximum Gasteiger partial charge on any atom is 0.0230 e. The summed E-state index contributed by atoms with van der Waals surface area (Å²) < 4.78 is 0. The minimum Gasteiger partial charge on any atom is -0.303 e. The van der Waals surface area contributed by atoms with Crippen molar-refractivity contribution in [1.82, 2.24) is 15.3 Å². The van der Waals surface area contributed by atoms with E-state index in [4.69, 9.17) is 0 Å². The number of hydrazine groups is 1. The van der Waals surface area contributed by atoms with E-state index in [1.807, 2.05) is 0 Å². The molecule has 2 unspecified atom stereocenters. The van der Waals surface area contributed by atoms with Crippen molar-refractivity contribution in [2.45, 2.75) is 59.0 Å². The molecule has 3 nitrogen and oxygen atoms in total. The molecule has 0 aromatic carbocycles. The molecule has 2 atom stereocenters. The van der Waals surface area contributed by atoms with Gasteiger partial charge < -0.3 is 4.90 Å². The Labute approximate surface area is 101 Å². The Morgan fingerprint density at radius 3 is 2.19 bits per heavy atom. The van der Waals surface area contributed by atoms with Crippen molar-refractivity contribution in [3.8, 4) is 0 Å². The summed E-state index contributed by atoms with van der Waals surface area (Å²) in [6.45, 7) is 13.7. The zero-order valence-electron chi connectivity index (χ0n) is 11.5. The summed E-state index contributed by atoms with van der Waals surface area (Å²) in [5.74, 6) is 0. The van der Waals surface area contributed by atoms with Gasteiger partial charge in [-0.2, -0.15) is 0 Å². The Kier molecular flexibility index (Phi) is 6.32. The van der Waals surface area contributed by atoms with Crippen LogP contribution >= 0.6 is 0 Å². The molecule has 0 amide bonds. The van der Waals surface area contributed by atoms with Crippen molar-refractivity contribution in [2.24, 2.45) is 0 Å². The predicted molar refractivity (Wildman–Crippen MR) is 70.4 cm³/mol. The summed E-state index contributed by atoms with van der Waals surface area (Å²) >= 11 is 0. The van der Waals surface area contributed by atoms with Gasteiger partial charge in [-0.25, -0.2) is 5.01 Å². The molecule has 0 aromatic heterocycles. The molecule has 1 heterocycles. The Bertz CT molecular complexity index is 170. The van der Waals surface area contributed by atoms with Gasteiger partial charge in [0, 0.05) is 25.2 Å². The van der Waals surface area contributed by atoms with Crippen molar-refractivity contribution in [1.29, 1.82) is 0 Å². The number of hydrogen-bond acceptors (Lipinski definition) is 3. The van der Waals surface area contributed by atoms with E-state index in [0.717, 1.165) is 26.2 Å². The van der Waals surface area contributed by atoms with Crippen LogP contribution in [0.2, 0.25) is 0 Å². The lowest BCUT2D eigenvalue weighted by atomic mass is 10.00. The fraction of sp³-hybridized carbons (Fsp3) is 1.00. The van der Waals surface area contributed by atoms with Crippen molar-refractivity contribution < 1.29 is 0 Å². The Morgan fingerprint density at radius 1 is 1.12 bits per heavy atom. The van der Waals surface area contributed by atoms with E-state index in [9.17, 15) is 0 Å². The summed E-state index contributed by atoms with van der Waals surface area (Å²) in [5, 5.41) is 2.47. The Hall–Kier alpha value is -0.120. The molecule has 96 valence electrons. The monoisotopic (exact) mass is 227 g/mol. The topological polar surface area (TPSA) is 18.5 Å². The smallest absolute Gasteiger partial charge is 0.0230 e. The van der Waals surface area contributed by atoms with Crippen LogP contribution in [-0.2, 0) is 0 Å². The lowest BCUT2D eigenvalue weighted by Crippen LogP contribution is -2.53. The van der Waals surface area contributed by atoms with E-state index >= 15 is 0 Å².